The number of hydrogen-bond acceptors (Lipinski definition) is 3. The number of hydrogen-bond donors (Lipinski definition) is 2. The van der Waals surface area contributed by atoms with Gasteiger partial charge in [0.05, 0.1) is 11.6 Å². The quantitative estimate of drug-likeness (QED) is 0.755. The van der Waals surface area contributed by atoms with Gasteiger partial charge in [0.25, 0.3) is 0 Å². The lowest BCUT2D eigenvalue weighted by Crippen LogP contribution is -2.24. The third-order valence-electron chi connectivity index (χ3n) is 2.36. The molecular formula is C14H19N3O. The van der Waals surface area contributed by atoms with Gasteiger partial charge in [0.2, 0.25) is 5.91 Å². The minimum Gasteiger partial charge on any atom is -0.326 e. The molecular weight excluding hydrogens is 226 g/mol. The highest BCUT2D eigenvalue weighted by Gasteiger charge is 2.03. The fourth-order valence-corrected chi connectivity index (χ4v) is 1.48. The number of anilines is 1. The largest absolute Gasteiger partial charge is 0.326 e. The maximum absolute atomic E-state index is 11.6. The summed E-state index contributed by atoms with van der Waals surface area (Å²) in [5.41, 5.74) is 1.22. The Morgan fingerprint density at radius 2 is 2.22 bits per heavy atom. The molecule has 0 aromatic heterocycles. The molecule has 0 bridgehead atoms. The Hall–Kier alpha value is -1.86. The topological polar surface area (TPSA) is 64.9 Å². The van der Waals surface area contributed by atoms with Gasteiger partial charge in [-0.1, -0.05) is 19.9 Å². The van der Waals surface area contributed by atoms with E-state index < -0.39 is 0 Å². The highest BCUT2D eigenvalue weighted by atomic mass is 16.1. The summed E-state index contributed by atoms with van der Waals surface area (Å²) in [4.78, 5) is 11.6. The van der Waals surface area contributed by atoms with Gasteiger partial charge in [0.15, 0.2) is 0 Å². The van der Waals surface area contributed by atoms with E-state index in [0.29, 0.717) is 30.1 Å². The standard InChI is InChI=1S/C14H19N3O/c1-11(2)10-16-7-6-14(18)17-13-5-3-4-12(8-13)9-15/h3-5,8,11,16H,6-7,10H2,1-2H3,(H,17,18). The van der Waals surface area contributed by atoms with E-state index in [1.54, 1.807) is 24.3 Å². The van der Waals surface area contributed by atoms with E-state index >= 15 is 0 Å². The first-order valence-electron chi connectivity index (χ1n) is 6.12. The van der Waals surface area contributed by atoms with Gasteiger partial charge in [0.1, 0.15) is 0 Å². The van der Waals surface area contributed by atoms with E-state index in [-0.39, 0.29) is 5.91 Å². The van der Waals surface area contributed by atoms with Crippen LogP contribution in [-0.2, 0) is 4.79 Å². The summed E-state index contributed by atoms with van der Waals surface area (Å²) in [6, 6.07) is 8.95. The monoisotopic (exact) mass is 245 g/mol. The summed E-state index contributed by atoms with van der Waals surface area (Å²) in [6.45, 7) is 5.83. The average molecular weight is 245 g/mol. The zero-order valence-corrected chi connectivity index (χ0v) is 10.9. The zero-order valence-electron chi connectivity index (χ0n) is 10.9. The zero-order chi connectivity index (χ0) is 13.4. The van der Waals surface area contributed by atoms with Crippen LogP contribution in [-0.4, -0.2) is 19.0 Å². The molecule has 0 radical (unpaired) electrons. The molecule has 0 saturated heterocycles. The molecule has 18 heavy (non-hydrogen) atoms. The number of benzene rings is 1. The van der Waals surface area contributed by atoms with Crippen LogP contribution in [0.2, 0.25) is 0 Å². The summed E-state index contributed by atoms with van der Waals surface area (Å²) in [6.07, 6.45) is 0.434. The number of nitriles is 1. The molecule has 4 heteroatoms. The van der Waals surface area contributed by atoms with Crippen molar-refractivity contribution in [3.63, 3.8) is 0 Å². The van der Waals surface area contributed by atoms with Gasteiger partial charge >= 0.3 is 0 Å². The van der Waals surface area contributed by atoms with Crippen molar-refractivity contribution in [1.82, 2.24) is 5.32 Å². The number of rotatable bonds is 6. The van der Waals surface area contributed by atoms with Crippen molar-refractivity contribution in [3.8, 4) is 6.07 Å². The van der Waals surface area contributed by atoms with Gasteiger partial charge in [0, 0.05) is 18.7 Å². The summed E-state index contributed by atoms with van der Waals surface area (Å²) in [5.74, 6) is 0.543. The molecule has 1 rings (SSSR count). The first kappa shape index (κ1) is 14.2. The molecule has 0 aliphatic heterocycles. The fourth-order valence-electron chi connectivity index (χ4n) is 1.48. The van der Waals surface area contributed by atoms with Crippen molar-refractivity contribution in [2.75, 3.05) is 18.4 Å². The number of amides is 1. The van der Waals surface area contributed by atoms with Gasteiger partial charge in [-0.2, -0.15) is 5.26 Å². The van der Waals surface area contributed by atoms with Crippen LogP contribution in [0, 0.1) is 17.2 Å². The molecule has 4 nitrogen and oxygen atoms in total. The predicted molar refractivity (Wildman–Crippen MR) is 72.1 cm³/mol. The van der Waals surface area contributed by atoms with Gasteiger partial charge in [-0.25, -0.2) is 0 Å². The summed E-state index contributed by atoms with van der Waals surface area (Å²) in [7, 11) is 0. The second kappa shape index (κ2) is 7.46. The smallest absolute Gasteiger partial charge is 0.225 e. The summed E-state index contributed by atoms with van der Waals surface area (Å²) in [5, 5.41) is 14.7. The number of carbonyl (C=O) groups excluding carboxylic acids is 1. The maximum atomic E-state index is 11.6. The van der Waals surface area contributed by atoms with E-state index in [1.807, 2.05) is 6.07 Å². The van der Waals surface area contributed by atoms with Crippen LogP contribution in [0.4, 0.5) is 5.69 Å². The molecule has 2 N–H and O–H groups in total. The highest BCUT2D eigenvalue weighted by Crippen LogP contribution is 2.09. The second-order valence-corrected chi connectivity index (χ2v) is 4.59. The Labute approximate surface area is 108 Å². The summed E-state index contributed by atoms with van der Waals surface area (Å²) >= 11 is 0. The number of carbonyl (C=O) groups is 1. The molecule has 96 valence electrons. The average Bonchev–Trinajstić information content (AvgIpc) is 2.34. The van der Waals surface area contributed by atoms with Crippen LogP contribution in [0.1, 0.15) is 25.8 Å². The van der Waals surface area contributed by atoms with Crippen molar-refractivity contribution >= 4 is 11.6 Å². The van der Waals surface area contributed by atoms with Crippen molar-refractivity contribution in [2.45, 2.75) is 20.3 Å². The first-order valence-corrected chi connectivity index (χ1v) is 6.12. The molecule has 0 aliphatic carbocycles. The van der Waals surface area contributed by atoms with Crippen molar-refractivity contribution < 1.29 is 4.79 Å². The Morgan fingerprint density at radius 3 is 2.89 bits per heavy atom. The van der Waals surface area contributed by atoms with Gasteiger partial charge in [-0.3, -0.25) is 4.79 Å². The van der Waals surface area contributed by atoms with Crippen LogP contribution in [0.15, 0.2) is 24.3 Å². The molecule has 0 unspecified atom stereocenters. The minimum atomic E-state index is -0.0404. The van der Waals surface area contributed by atoms with E-state index in [0.717, 1.165) is 6.54 Å². The predicted octanol–water partition coefficient (Wildman–Crippen LogP) is 2.13. The van der Waals surface area contributed by atoms with Gasteiger partial charge in [-0.05, 0) is 30.7 Å². The Morgan fingerprint density at radius 1 is 1.44 bits per heavy atom. The number of nitrogens with one attached hydrogen (secondary N) is 2. The van der Waals surface area contributed by atoms with E-state index in [4.69, 9.17) is 5.26 Å². The molecule has 0 spiro atoms. The minimum absolute atomic E-state index is 0.0404. The molecule has 0 fully saturated rings. The van der Waals surface area contributed by atoms with Crippen LogP contribution < -0.4 is 10.6 Å². The first-order chi connectivity index (χ1) is 8.61. The normalized spacial score (nSPS) is 10.1. The summed E-state index contributed by atoms with van der Waals surface area (Å²) < 4.78 is 0. The molecule has 0 saturated carbocycles. The van der Waals surface area contributed by atoms with Crippen LogP contribution in [0.5, 0.6) is 0 Å². The van der Waals surface area contributed by atoms with Crippen molar-refractivity contribution in [2.24, 2.45) is 5.92 Å². The second-order valence-electron chi connectivity index (χ2n) is 4.59. The van der Waals surface area contributed by atoms with Gasteiger partial charge in [-0.15, -0.1) is 0 Å². The van der Waals surface area contributed by atoms with Crippen molar-refractivity contribution in [1.29, 1.82) is 5.26 Å². The highest BCUT2D eigenvalue weighted by molar-refractivity contribution is 5.90. The molecule has 1 aromatic rings. The van der Waals surface area contributed by atoms with Crippen LogP contribution in [0.3, 0.4) is 0 Å². The third kappa shape index (κ3) is 5.46. The lowest BCUT2D eigenvalue weighted by molar-refractivity contribution is -0.116. The fraction of sp³-hybridized carbons (Fsp3) is 0.429. The maximum Gasteiger partial charge on any atom is 0.225 e. The van der Waals surface area contributed by atoms with E-state index in [2.05, 4.69) is 24.5 Å². The Bertz CT molecular complexity index is 435. The van der Waals surface area contributed by atoms with Crippen LogP contribution in [0.25, 0.3) is 0 Å². The van der Waals surface area contributed by atoms with Gasteiger partial charge < -0.3 is 10.6 Å². The molecule has 0 heterocycles. The Balaban J connectivity index is 2.33. The van der Waals surface area contributed by atoms with E-state index in [9.17, 15) is 4.79 Å². The molecule has 0 atom stereocenters. The lowest BCUT2D eigenvalue weighted by atomic mass is 10.2. The lowest BCUT2D eigenvalue weighted by Gasteiger charge is -2.08. The van der Waals surface area contributed by atoms with Crippen molar-refractivity contribution in [3.05, 3.63) is 29.8 Å². The Kier molecular flexibility index (Phi) is 5.89. The van der Waals surface area contributed by atoms with Crippen LogP contribution >= 0.6 is 0 Å². The third-order valence-corrected chi connectivity index (χ3v) is 2.36. The molecule has 1 aromatic carbocycles. The SMILES string of the molecule is CC(C)CNCCC(=O)Nc1cccc(C#N)c1. The number of nitrogens with zero attached hydrogens (tertiary/aromatic N) is 1. The molecule has 0 aliphatic rings. The van der Waals surface area contributed by atoms with E-state index in [1.165, 1.54) is 0 Å². The molecule has 1 amide bonds.